The maximum atomic E-state index is 5.58. The molecule has 88 valence electrons. The Kier molecular flexibility index (Phi) is 6.51. The van der Waals surface area contributed by atoms with Crippen LogP contribution in [0.3, 0.4) is 0 Å². The molecule has 0 fully saturated rings. The average molecular weight is 245 g/mol. The zero-order valence-electron chi connectivity index (χ0n) is 9.49. The second kappa shape index (κ2) is 8.35. The van der Waals surface area contributed by atoms with Crippen LogP contribution in [0.5, 0.6) is 0 Å². The third kappa shape index (κ3) is 6.37. The first-order valence-corrected chi connectivity index (χ1v) is 6.13. The minimum absolute atomic E-state index is 0.439. The summed E-state index contributed by atoms with van der Waals surface area (Å²) in [6.07, 6.45) is 7.15. The Bertz CT molecular complexity index is 422. The van der Waals surface area contributed by atoms with Crippen molar-refractivity contribution < 1.29 is 0 Å². The molecule has 17 heavy (non-hydrogen) atoms. The van der Waals surface area contributed by atoms with Crippen molar-refractivity contribution in [1.82, 2.24) is 0 Å². The van der Waals surface area contributed by atoms with Gasteiger partial charge in [0.25, 0.3) is 0 Å². The van der Waals surface area contributed by atoms with Crippen molar-refractivity contribution in [2.24, 2.45) is 15.9 Å². The number of hydrogen-bond donors (Lipinski definition) is 1. The fourth-order valence-electron chi connectivity index (χ4n) is 1.02. The van der Waals surface area contributed by atoms with Crippen molar-refractivity contribution in [2.75, 3.05) is 5.75 Å². The van der Waals surface area contributed by atoms with E-state index >= 15 is 0 Å². The van der Waals surface area contributed by atoms with Crippen molar-refractivity contribution in [3.63, 3.8) is 0 Å². The quantitative estimate of drug-likeness (QED) is 0.375. The molecule has 1 rings (SSSR count). The Balaban J connectivity index is 2.40. The summed E-state index contributed by atoms with van der Waals surface area (Å²) >= 11 is 1.40. The highest BCUT2D eigenvalue weighted by Gasteiger charge is 1.87. The van der Waals surface area contributed by atoms with Crippen LogP contribution >= 0.6 is 11.8 Å². The summed E-state index contributed by atoms with van der Waals surface area (Å²) in [5.41, 5.74) is 6.70. The molecule has 0 radical (unpaired) electrons. The van der Waals surface area contributed by atoms with Crippen molar-refractivity contribution in [3.8, 4) is 0 Å². The predicted molar refractivity (Wildman–Crippen MR) is 78.2 cm³/mol. The monoisotopic (exact) mass is 245 g/mol. The van der Waals surface area contributed by atoms with Gasteiger partial charge in [0.1, 0.15) is 0 Å². The molecule has 0 unspecified atom stereocenters. The van der Waals surface area contributed by atoms with Crippen LogP contribution in [-0.2, 0) is 0 Å². The molecule has 2 N–H and O–H groups in total. The van der Waals surface area contributed by atoms with Gasteiger partial charge in [0, 0.05) is 12.0 Å². The van der Waals surface area contributed by atoms with Crippen LogP contribution in [0.4, 0.5) is 0 Å². The van der Waals surface area contributed by atoms with Crippen LogP contribution in [0, 0.1) is 0 Å². The molecular formula is C13H15N3S. The van der Waals surface area contributed by atoms with Crippen LogP contribution in [0.25, 0.3) is 6.08 Å². The summed E-state index contributed by atoms with van der Waals surface area (Å²) in [5.74, 6) is 0.741. The lowest BCUT2D eigenvalue weighted by molar-refractivity contribution is 1.25. The van der Waals surface area contributed by atoms with Crippen LogP contribution in [0.2, 0.25) is 0 Å². The highest BCUT2D eigenvalue weighted by Crippen LogP contribution is 2.00. The second-order valence-electron chi connectivity index (χ2n) is 3.07. The highest BCUT2D eigenvalue weighted by atomic mass is 32.2. The molecule has 0 aliphatic heterocycles. The van der Waals surface area contributed by atoms with Gasteiger partial charge in [-0.2, -0.15) is 5.10 Å². The number of hydrogen-bond acceptors (Lipinski definition) is 3. The highest BCUT2D eigenvalue weighted by molar-refractivity contribution is 8.13. The van der Waals surface area contributed by atoms with Gasteiger partial charge in [-0.15, -0.1) is 11.7 Å². The number of amidine groups is 1. The van der Waals surface area contributed by atoms with Gasteiger partial charge in [-0.3, -0.25) is 0 Å². The maximum Gasteiger partial charge on any atom is 0.180 e. The van der Waals surface area contributed by atoms with E-state index in [2.05, 4.69) is 16.8 Å². The Morgan fingerprint density at radius 2 is 2.12 bits per heavy atom. The first-order valence-electron chi connectivity index (χ1n) is 5.15. The van der Waals surface area contributed by atoms with E-state index in [4.69, 9.17) is 5.73 Å². The van der Waals surface area contributed by atoms with Crippen molar-refractivity contribution >= 4 is 29.2 Å². The summed E-state index contributed by atoms with van der Waals surface area (Å²) in [6.45, 7) is 3.59. The number of rotatable bonds is 5. The lowest BCUT2D eigenvalue weighted by Gasteiger charge is -1.91. The van der Waals surface area contributed by atoms with Crippen molar-refractivity contribution in [2.45, 2.75) is 0 Å². The minimum atomic E-state index is 0.439. The molecule has 0 aliphatic rings. The zero-order valence-corrected chi connectivity index (χ0v) is 10.3. The molecule has 3 nitrogen and oxygen atoms in total. The molecule has 1 aromatic carbocycles. The van der Waals surface area contributed by atoms with Gasteiger partial charge in [0.15, 0.2) is 5.17 Å². The van der Waals surface area contributed by atoms with E-state index in [9.17, 15) is 0 Å². The zero-order chi connectivity index (χ0) is 12.3. The van der Waals surface area contributed by atoms with Gasteiger partial charge in [0.2, 0.25) is 0 Å². The number of nitrogens with zero attached hydrogens (tertiary/aromatic N) is 2. The summed E-state index contributed by atoms with van der Waals surface area (Å²) in [5, 5.41) is 8.10. The van der Waals surface area contributed by atoms with Gasteiger partial charge in [-0.25, -0.2) is 0 Å². The van der Waals surface area contributed by atoms with Gasteiger partial charge in [0.05, 0.1) is 0 Å². The number of benzene rings is 1. The predicted octanol–water partition coefficient (Wildman–Crippen LogP) is 2.92. The van der Waals surface area contributed by atoms with E-state index in [1.54, 1.807) is 12.3 Å². The van der Waals surface area contributed by atoms with Gasteiger partial charge >= 0.3 is 0 Å². The van der Waals surface area contributed by atoms with Gasteiger partial charge in [-0.1, -0.05) is 54.2 Å². The van der Waals surface area contributed by atoms with Crippen molar-refractivity contribution in [1.29, 1.82) is 0 Å². The molecule has 1 aromatic rings. The normalized spacial score (nSPS) is 12.4. The lowest BCUT2D eigenvalue weighted by atomic mass is 10.2. The molecule has 0 atom stereocenters. The van der Waals surface area contributed by atoms with E-state index in [0.29, 0.717) is 5.17 Å². The third-order valence-corrected chi connectivity index (χ3v) is 2.53. The first kappa shape index (κ1) is 13.3. The van der Waals surface area contributed by atoms with E-state index in [1.807, 2.05) is 42.5 Å². The molecule has 0 heterocycles. The summed E-state index contributed by atoms with van der Waals surface area (Å²) in [6, 6.07) is 9.98. The standard InChI is InChI=1S/C13H15N3S/c1-2-11-17-13(14)16-15-10-6-9-12-7-4-3-5-8-12/h2-10H,1,11H2,(H2,14,16)/b9-6+,15-10+. The summed E-state index contributed by atoms with van der Waals surface area (Å²) in [7, 11) is 0. The SMILES string of the molecule is C=CCS\C(N)=N/N=C/C=C/c1ccccc1. The topological polar surface area (TPSA) is 50.7 Å². The molecule has 0 amide bonds. The van der Waals surface area contributed by atoms with Gasteiger partial charge < -0.3 is 5.73 Å². The number of nitrogens with two attached hydrogens (primary N) is 1. The minimum Gasteiger partial charge on any atom is -0.377 e. The maximum absolute atomic E-state index is 5.58. The molecule has 4 heteroatoms. The molecule has 0 aromatic heterocycles. The van der Waals surface area contributed by atoms with Gasteiger partial charge in [-0.05, 0) is 11.6 Å². The van der Waals surface area contributed by atoms with E-state index in [-0.39, 0.29) is 0 Å². The molecule has 0 bridgehead atoms. The van der Waals surface area contributed by atoms with Crippen LogP contribution in [-0.4, -0.2) is 17.1 Å². The molecule has 0 spiro atoms. The van der Waals surface area contributed by atoms with Crippen molar-refractivity contribution in [3.05, 3.63) is 54.6 Å². The largest absolute Gasteiger partial charge is 0.377 e. The Morgan fingerprint density at radius 3 is 2.82 bits per heavy atom. The number of thioether (sulfide) groups is 1. The lowest BCUT2D eigenvalue weighted by Crippen LogP contribution is -2.05. The van der Waals surface area contributed by atoms with Crippen LogP contribution < -0.4 is 5.73 Å². The van der Waals surface area contributed by atoms with E-state index in [1.165, 1.54) is 11.8 Å². The van der Waals surface area contributed by atoms with E-state index in [0.717, 1.165) is 11.3 Å². The third-order valence-electron chi connectivity index (χ3n) is 1.75. The Labute approximate surface area is 106 Å². The van der Waals surface area contributed by atoms with E-state index < -0.39 is 0 Å². The smallest absolute Gasteiger partial charge is 0.180 e. The molecular weight excluding hydrogens is 230 g/mol. The summed E-state index contributed by atoms with van der Waals surface area (Å²) in [4.78, 5) is 0. The Morgan fingerprint density at radius 1 is 1.35 bits per heavy atom. The Hall–Kier alpha value is -1.81. The summed E-state index contributed by atoms with van der Waals surface area (Å²) < 4.78 is 0. The fourth-order valence-corrected chi connectivity index (χ4v) is 1.41. The average Bonchev–Trinajstić information content (AvgIpc) is 2.37. The van der Waals surface area contributed by atoms with Crippen LogP contribution in [0.15, 0.2) is 59.3 Å². The second-order valence-corrected chi connectivity index (χ2v) is 4.11. The molecule has 0 saturated heterocycles. The molecule has 0 aliphatic carbocycles. The first-order chi connectivity index (χ1) is 8.33. The molecule has 0 saturated carbocycles. The van der Waals surface area contributed by atoms with Crippen LogP contribution in [0.1, 0.15) is 5.56 Å². The fraction of sp³-hybridized carbons (Fsp3) is 0.0769. The number of allylic oxidation sites excluding steroid dienone is 1.